The molecule has 1 saturated heterocycles. The van der Waals surface area contributed by atoms with Crippen molar-refractivity contribution < 1.29 is 14.3 Å². The molecule has 4 rings (SSSR count). The SMILES string of the molecule is COc1ccc(CCNC(=O)[C@@H]2CCCN2c2nn3c(=O)cc(C)nc3s2)cc1OC. The molecule has 0 spiro atoms. The van der Waals surface area contributed by atoms with E-state index in [2.05, 4.69) is 15.4 Å². The van der Waals surface area contributed by atoms with Crippen molar-refractivity contribution in [3.8, 4) is 11.5 Å². The van der Waals surface area contributed by atoms with Crippen molar-refractivity contribution in [2.24, 2.45) is 0 Å². The molecule has 164 valence electrons. The van der Waals surface area contributed by atoms with E-state index < -0.39 is 0 Å². The van der Waals surface area contributed by atoms with Crippen LogP contribution in [0.25, 0.3) is 4.96 Å². The smallest absolute Gasteiger partial charge is 0.275 e. The third kappa shape index (κ3) is 4.34. The van der Waals surface area contributed by atoms with Crippen LogP contribution in [0, 0.1) is 6.92 Å². The van der Waals surface area contributed by atoms with E-state index >= 15 is 0 Å². The van der Waals surface area contributed by atoms with Gasteiger partial charge in [0.1, 0.15) is 6.04 Å². The zero-order valence-electron chi connectivity index (χ0n) is 17.8. The number of fused-ring (bicyclic) bond motifs is 1. The number of aromatic nitrogens is 3. The second-order valence-electron chi connectivity index (χ2n) is 7.40. The van der Waals surface area contributed by atoms with E-state index in [1.807, 2.05) is 23.1 Å². The number of rotatable bonds is 7. The first kappa shape index (κ1) is 21.1. The van der Waals surface area contributed by atoms with Gasteiger partial charge in [-0.2, -0.15) is 4.52 Å². The molecule has 31 heavy (non-hydrogen) atoms. The summed E-state index contributed by atoms with van der Waals surface area (Å²) in [6, 6.07) is 6.89. The number of nitrogens with one attached hydrogen (secondary N) is 1. The number of carbonyl (C=O) groups excluding carboxylic acids is 1. The molecule has 1 fully saturated rings. The second kappa shape index (κ2) is 8.93. The molecular weight excluding hydrogens is 418 g/mol. The van der Waals surface area contributed by atoms with Crippen LogP contribution in [0.3, 0.4) is 0 Å². The van der Waals surface area contributed by atoms with Gasteiger partial charge >= 0.3 is 0 Å². The standard InChI is InChI=1S/C21H25N5O4S/c1-13-11-18(27)26-20(23-13)31-21(24-26)25-10-4-5-15(25)19(28)22-9-8-14-6-7-16(29-2)17(12-14)30-3/h6-7,11-12,15H,4-5,8-10H2,1-3H3,(H,22,28)/t15-/m0/s1. The minimum atomic E-state index is -0.303. The number of anilines is 1. The highest BCUT2D eigenvalue weighted by molar-refractivity contribution is 7.20. The molecule has 1 amide bonds. The van der Waals surface area contributed by atoms with E-state index in [1.54, 1.807) is 21.1 Å². The Bertz CT molecular complexity index is 1160. The van der Waals surface area contributed by atoms with Gasteiger partial charge in [0.15, 0.2) is 11.5 Å². The maximum atomic E-state index is 12.9. The van der Waals surface area contributed by atoms with Crippen LogP contribution in [0.15, 0.2) is 29.1 Å². The number of benzene rings is 1. The van der Waals surface area contributed by atoms with Gasteiger partial charge in [0, 0.05) is 24.8 Å². The first-order valence-corrected chi connectivity index (χ1v) is 10.9. The maximum absolute atomic E-state index is 12.9. The molecule has 0 saturated carbocycles. The van der Waals surface area contributed by atoms with Crippen LogP contribution in [0.4, 0.5) is 5.13 Å². The van der Waals surface area contributed by atoms with Crippen LogP contribution in [-0.2, 0) is 11.2 Å². The molecular formula is C21H25N5O4S. The number of methoxy groups -OCH3 is 2. The van der Waals surface area contributed by atoms with Gasteiger partial charge < -0.3 is 19.7 Å². The zero-order valence-corrected chi connectivity index (χ0v) is 18.6. The molecule has 1 aliphatic heterocycles. The summed E-state index contributed by atoms with van der Waals surface area (Å²) in [4.78, 5) is 31.9. The third-order valence-electron chi connectivity index (χ3n) is 5.32. The van der Waals surface area contributed by atoms with Gasteiger partial charge in [0.25, 0.3) is 5.56 Å². The van der Waals surface area contributed by atoms with Gasteiger partial charge in [0.05, 0.1) is 14.2 Å². The van der Waals surface area contributed by atoms with Gasteiger partial charge in [0.2, 0.25) is 16.0 Å². The molecule has 0 bridgehead atoms. The largest absolute Gasteiger partial charge is 0.493 e. The number of amides is 1. The molecule has 3 heterocycles. The Morgan fingerprint density at radius 1 is 1.26 bits per heavy atom. The molecule has 1 aliphatic rings. The van der Waals surface area contributed by atoms with Crippen LogP contribution in [0.1, 0.15) is 24.1 Å². The molecule has 2 aromatic heterocycles. The summed E-state index contributed by atoms with van der Waals surface area (Å²) in [5.41, 5.74) is 1.50. The van der Waals surface area contributed by atoms with Crippen LogP contribution in [-0.4, -0.2) is 53.9 Å². The molecule has 1 N–H and O–H groups in total. The molecule has 10 heteroatoms. The first-order valence-electron chi connectivity index (χ1n) is 10.1. The molecule has 0 unspecified atom stereocenters. The van der Waals surface area contributed by atoms with Crippen molar-refractivity contribution >= 4 is 27.3 Å². The lowest BCUT2D eigenvalue weighted by Gasteiger charge is -2.22. The molecule has 0 radical (unpaired) electrons. The average Bonchev–Trinajstić information content (AvgIpc) is 3.40. The monoisotopic (exact) mass is 443 g/mol. The highest BCUT2D eigenvalue weighted by Crippen LogP contribution is 2.29. The number of carbonyl (C=O) groups is 1. The Morgan fingerprint density at radius 3 is 2.84 bits per heavy atom. The van der Waals surface area contributed by atoms with Gasteiger partial charge in [-0.15, -0.1) is 5.10 Å². The highest BCUT2D eigenvalue weighted by atomic mass is 32.1. The van der Waals surface area contributed by atoms with Gasteiger partial charge in [-0.3, -0.25) is 9.59 Å². The van der Waals surface area contributed by atoms with Gasteiger partial charge in [-0.05, 0) is 43.9 Å². The number of hydrogen-bond acceptors (Lipinski definition) is 8. The van der Waals surface area contributed by atoms with Crippen LogP contribution in [0.5, 0.6) is 11.5 Å². The predicted molar refractivity (Wildman–Crippen MR) is 118 cm³/mol. The first-order chi connectivity index (χ1) is 15.0. The summed E-state index contributed by atoms with van der Waals surface area (Å²) in [5, 5.41) is 8.09. The summed E-state index contributed by atoms with van der Waals surface area (Å²) < 4.78 is 11.9. The lowest BCUT2D eigenvalue weighted by molar-refractivity contribution is -0.122. The van der Waals surface area contributed by atoms with Gasteiger partial charge in [-0.25, -0.2) is 4.98 Å². The van der Waals surface area contributed by atoms with Crippen molar-refractivity contribution in [3.63, 3.8) is 0 Å². The fraction of sp³-hybridized carbons (Fsp3) is 0.429. The van der Waals surface area contributed by atoms with Crippen molar-refractivity contribution in [2.45, 2.75) is 32.2 Å². The van der Waals surface area contributed by atoms with E-state index in [4.69, 9.17) is 9.47 Å². The summed E-state index contributed by atoms with van der Waals surface area (Å²) in [6.45, 7) is 3.02. The van der Waals surface area contributed by atoms with E-state index in [0.717, 1.165) is 24.9 Å². The quantitative estimate of drug-likeness (QED) is 0.595. The Morgan fingerprint density at radius 2 is 2.06 bits per heavy atom. The minimum Gasteiger partial charge on any atom is -0.493 e. The Kier molecular flexibility index (Phi) is 6.08. The Balaban J connectivity index is 1.42. The fourth-order valence-electron chi connectivity index (χ4n) is 3.78. The zero-order chi connectivity index (χ0) is 22.0. The van der Waals surface area contributed by atoms with Crippen LogP contribution < -0.4 is 25.2 Å². The molecule has 0 aliphatic carbocycles. The lowest BCUT2D eigenvalue weighted by atomic mass is 10.1. The Labute approximate surface area is 183 Å². The maximum Gasteiger partial charge on any atom is 0.275 e. The van der Waals surface area contributed by atoms with Crippen molar-refractivity contribution in [3.05, 3.63) is 45.9 Å². The van der Waals surface area contributed by atoms with Crippen LogP contribution >= 0.6 is 11.3 Å². The fourth-order valence-corrected chi connectivity index (χ4v) is 4.81. The minimum absolute atomic E-state index is 0.0336. The molecule has 3 aromatic rings. The number of hydrogen-bond donors (Lipinski definition) is 1. The second-order valence-corrected chi connectivity index (χ2v) is 8.33. The van der Waals surface area contributed by atoms with E-state index in [0.29, 0.717) is 40.3 Å². The lowest BCUT2D eigenvalue weighted by Crippen LogP contribution is -2.44. The number of ether oxygens (including phenoxy) is 2. The summed E-state index contributed by atoms with van der Waals surface area (Å²) in [6.07, 6.45) is 2.32. The topological polar surface area (TPSA) is 98.1 Å². The van der Waals surface area contributed by atoms with E-state index in [1.165, 1.54) is 21.9 Å². The van der Waals surface area contributed by atoms with Gasteiger partial charge in [-0.1, -0.05) is 17.4 Å². The number of aryl methyl sites for hydroxylation is 1. The normalized spacial score (nSPS) is 16.0. The molecule has 1 atom stereocenters. The molecule has 1 aromatic carbocycles. The predicted octanol–water partition coefficient (Wildman–Crippen LogP) is 1.80. The average molecular weight is 444 g/mol. The van der Waals surface area contributed by atoms with Crippen LogP contribution in [0.2, 0.25) is 0 Å². The molecule has 9 nitrogen and oxygen atoms in total. The highest BCUT2D eigenvalue weighted by Gasteiger charge is 2.33. The third-order valence-corrected chi connectivity index (χ3v) is 6.27. The summed E-state index contributed by atoms with van der Waals surface area (Å²) in [7, 11) is 3.20. The Hall–Kier alpha value is -3.14. The van der Waals surface area contributed by atoms with Crippen molar-refractivity contribution in [1.29, 1.82) is 0 Å². The van der Waals surface area contributed by atoms with E-state index in [-0.39, 0.29) is 17.5 Å². The van der Waals surface area contributed by atoms with E-state index in [9.17, 15) is 9.59 Å². The summed E-state index contributed by atoms with van der Waals surface area (Å²) >= 11 is 1.33. The van der Waals surface area contributed by atoms with Crippen molar-refractivity contribution in [2.75, 3.05) is 32.2 Å². The van der Waals surface area contributed by atoms with Crippen molar-refractivity contribution in [1.82, 2.24) is 19.9 Å². The number of nitrogens with zero attached hydrogens (tertiary/aromatic N) is 4. The summed E-state index contributed by atoms with van der Waals surface area (Å²) in [5.74, 6) is 1.31.